The first kappa shape index (κ1) is 18.7. The molecule has 0 bridgehead atoms. The molecule has 146 valence electrons. The fourth-order valence-corrected chi connectivity index (χ4v) is 3.91. The predicted octanol–water partition coefficient (Wildman–Crippen LogP) is 3.41. The Morgan fingerprint density at radius 1 is 1.00 bits per heavy atom. The smallest absolute Gasteiger partial charge is 0.254 e. The summed E-state index contributed by atoms with van der Waals surface area (Å²) < 4.78 is 0. The summed E-state index contributed by atoms with van der Waals surface area (Å²) in [5, 5.41) is 2.95. The zero-order valence-corrected chi connectivity index (χ0v) is 16.5. The third kappa shape index (κ3) is 3.94. The van der Waals surface area contributed by atoms with Gasteiger partial charge in [0.2, 0.25) is 5.91 Å². The van der Waals surface area contributed by atoms with Gasteiger partial charge in [0, 0.05) is 36.8 Å². The minimum Gasteiger partial charge on any atom is -0.329 e. The highest BCUT2D eigenvalue weighted by atomic mass is 16.2. The summed E-state index contributed by atoms with van der Waals surface area (Å²) in [5.41, 5.74) is 2.56. The van der Waals surface area contributed by atoms with Crippen LogP contribution < -0.4 is 5.32 Å². The fourth-order valence-electron chi connectivity index (χ4n) is 3.91. The van der Waals surface area contributed by atoms with Crippen molar-refractivity contribution in [3.63, 3.8) is 0 Å². The van der Waals surface area contributed by atoms with Gasteiger partial charge in [0.25, 0.3) is 5.91 Å². The SMILES string of the molecule is CC1CC1C(=O)Nc1ccc(C(=O)N2CCN(C)CC2c2ccccc2)cc1. The lowest BCUT2D eigenvalue weighted by Gasteiger charge is -2.40. The van der Waals surface area contributed by atoms with Gasteiger partial charge in [-0.05, 0) is 49.2 Å². The van der Waals surface area contributed by atoms with Gasteiger partial charge in [0.05, 0.1) is 6.04 Å². The van der Waals surface area contributed by atoms with Crippen LogP contribution in [0.4, 0.5) is 5.69 Å². The zero-order chi connectivity index (χ0) is 19.7. The fraction of sp³-hybridized carbons (Fsp3) is 0.391. The molecule has 2 aromatic rings. The highest BCUT2D eigenvalue weighted by Gasteiger charge is 2.39. The number of benzene rings is 2. The number of hydrogen-bond donors (Lipinski definition) is 1. The molecular formula is C23H27N3O2. The van der Waals surface area contributed by atoms with Gasteiger partial charge in [-0.15, -0.1) is 0 Å². The first-order chi connectivity index (χ1) is 13.5. The number of carbonyl (C=O) groups excluding carboxylic acids is 2. The van der Waals surface area contributed by atoms with Crippen LogP contribution in [0.5, 0.6) is 0 Å². The molecule has 5 nitrogen and oxygen atoms in total. The van der Waals surface area contributed by atoms with E-state index in [4.69, 9.17) is 0 Å². The van der Waals surface area contributed by atoms with Gasteiger partial charge in [0.15, 0.2) is 0 Å². The van der Waals surface area contributed by atoms with Crippen molar-refractivity contribution >= 4 is 17.5 Å². The molecule has 1 N–H and O–H groups in total. The van der Waals surface area contributed by atoms with Crippen LogP contribution in [-0.2, 0) is 4.79 Å². The number of likely N-dealkylation sites (N-methyl/N-ethyl adjacent to an activating group) is 1. The van der Waals surface area contributed by atoms with Crippen molar-refractivity contribution in [2.45, 2.75) is 19.4 Å². The van der Waals surface area contributed by atoms with Crippen molar-refractivity contribution in [3.8, 4) is 0 Å². The number of nitrogens with zero attached hydrogens (tertiary/aromatic N) is 2. The van der Waals surface area contributed by atoms with Gasteiger partial charge in [-0.3, -0.25) is 9.59 Å². The Balaban J connectivity index is 1.48. The van der Waals surface area contributed by atoms with Crippen LogP contribution in [-0.4, -0.2) is 48.3 Å². The average Bonchev–Trinajstić information content (AvgIpc) is 3.45. The molecule has 0 radical (unpaired) electrons. The Kier molecular flexibility index (Phi) is 5.18. The van der Waals surface area contributed by atoms with Gasteiger partial charge in [-0.2, -0.15) is 0 Å². The quantitative estimate of drug-likeness (QED) is 0.888. The first-order valence-corrected chi connectivity index (χ1v) is 9.98. The average molecular weight is 377 g/mol. The van der Waals surface area contributed by atoms with Crippen molar-refractivity contribution in [1.82, 2.24) is 9.80 Å². The standard InChI is InChI=1S/C23H27N3O2/c1-16-14-20(16)22(27)24-19-10-8-18(9-11-19)23(28)26-13-12-25(2)15-21(26)17-6-4-3-5-7-17/h3-11,16,20-21H,12-15H2,1-2H3,(H,24,27). The third-order valence-corrected chi connectivity index (χ3v) is 5.87. The maximum absolute atomic E-state index is 13.2. The molecule has 3 unspecified atom stereocenters. The van der Waals surface area contributed by atoms with Crippen LogP contribution >= 0.6 is 0 Å². The minimum absolute atomic E-state index is 0.0376. The number of piperazine rings is 1. The molecule has 1 aliphatic carbocycles. The number of nitrogens with one attached hydrogen (secondary N) is 1. The van der Waals surface area contributed by atoms with Gasteiger partial charge in [-0.1, -0.05) is 37.3 Å². The van der Waals surface area contributed by atoms with E-state index >= 15 is 0 Å². The van der Waals surface area contributed by atoms with E-state index < -0.39 is 0 Å². The Labute approximate surface area is 166 Å². The van der Waals surface area contributed by atoms with Gasteiger partial charge in [0.1, 0.15) is 0 Å². The summed E-state index contributed by atoms with van der Waals surface area (Å²) in [6.45, 7) is 4.48. The second kappa shape index (κ2) is 7.76. The number of rotatable bonds is 4. The van der Waals surface area contributed by atoms with Crippen LogP contribution in [0.1, 0.15) is 35.3 Å². The van der Waals surface area contributed by atoms with Crippen molar-refractivity contribution in [3.05, 3.63) is 65.7 Å². The summed E-state index contributed by atoms with van der Waals surface area (Å²) >= 11 is 0. The molecule has 2 aliphatic rings. The molecule has 2 fully saturated rings. The van der Waals surface area contributed by atoms with Crippen LogP contribution in [0.25, 0.3) is 0 Å². The van der Waals surface area contributed by atoms with Crippen molar-refractivity contribution in [2.75, 3.05) is 32.0 Å². The van der Waals surface area contributed by atoms with Gasteiger partial charge >= 0.3 is 0 Å². The molecule has 0 spiro atoms. The third-order valence-electron chi connectivity index (χ3n) is 5.87. The maximum Gasteiger partial charge on any atom is 0.254 e. The molecule has 2 amide bonds. The van der Waals surface area contributed by atoms with E-state index in [1.165, 1.54) is 0 Å². The molecule has 1 aliphatic heterocycles. The predicted molar refractivity (Wildman–Crippen MR) is 110 cm³/mol. The Bertz CT molecular complexity index is 850. The molecule has 1 heterocycles. The first-order valence-electron chi connectivity index (χ1n) is 9.98. The Morgan fingerprint density at radius 3 is 2.32 bits per heavy atom. The van der Waals surface area contributed by atoms with E-state index in [0.29, 0.717) is 18.0 Å². The van der Waals surface area contributed by atoms with Crippen molar-refractivity contribution in [2.24, 2.45) is 11.8 Å². The molecule has 0 aromatic heterocycles. The second-order valence-corrected chi connectivity index (χ2v) is 8.07. The van der Waals surface area contributed by atoms with E-state index in [1.54, 1.807) is 0 Å². The number of hydrogen-bond acceptors (Lipinski definition) is 3. The highest BCUT2D eigenvalue weighted by Crippen LogP contribution is 2.38. The van der Waals surface area contributed by atoms with E-state index in [-0.39, 0.29) is 23.8 Å². The second-order valence-electron chi connectivity index (χ2n) is 8.07. The summed E-state index contributed by atoms with van der Waals surface area (Å²) in [5.74, 6) is 0.733. The number of anilines is 1. The van der Waals surface area contributed by atoms with E-state index in [2.05, 4.69) is 36.3 Å². The van der Waals surface area contributed by atoms with E-state index in [9.17, 15) is 9.59 Å². The molecular weight excluding hydrogens is 350 g/mol. The lowest BCUT2D eigenvalue weighted by molar-refractivity contribution is -0.117. The minimum atomic E-state index is 0.0376. The lowest BCUT2D eigenvalue weighted by atomic mass is 10.0. The summed E-state index contributed by atoms with van der Waals surface area (Å²) in [6.07, 6.45) is 0.965. The van der Waals surface area contributed by atoms with Crippen LogP contribution in [0.2, 0.25) is 0 Å². The maximum atomic E-state index is 13.2. The number of amides is 2. The molecule has 1 saturated heterocycles. The van der Waals surface area contributed by atoms with E-state index in [0.717, 1.165) is 30.8 Å². The largest absolute Gasteiger partial charge is 0.329 e. The zero-order valence-electron chi connectivity index (χ0n) is 16.5. The van der Waals surface area contributed by atoms with Crippen LogP contribution in [0.15, 0.2) is 54.6 Å². The summed E-state index contributed by atoms with van der Waals surface area (Å²) in [7, 11) is 2.09. The van der Waals surface area contributed by atoms with Gasteiger partial charge in [-0.25, -0.2) is 0 Å². The summed E-state index contributed by atoms with van der Waals surface area (Å²) in [4.78, 5) is 29.5. The number of carbonyl (C=O) groups is 2. The van der Waals surface area contributed by atoms with Gasteiger partial charge < -0.3 is 15.1 Å². The Morgan fingerprint density at radius 2 is 1.68 bits per heavy atom. The molecule has 28 heavy (non-hydrogen) atoms. The van der Waals surface area contributed by atoms with Crippen LogP contribution in [0.3, 0.4) is 0 Å². The Hall–Kier alpha value is -2.66. The monoisotopic (exact) mass is 377 g/mol. The van der Waals surface area contributed by atoms with E-state index in [1.807, 2.05) is 47.4 Å². The molecule has 1 saturated carbocycles. The van der Waals surface area contributed by atoms with Crippen molar-refractivity contribution in [1.29, 1.82) is 0 Å². The van der Waals surface area contributed by atoms with Crippen molar-refractivity contribution < 1.29 is 9.59 Å². The highest BCUT2D eigenvalue weighted by molar-refractivity contribution is 5.97. The molecule has 5 heteroatoms. The molecule has 2 aromatic carbocycles. The normalized spacial score (nSPS) is 24.6. The molecule has 3 atom stereocenters. The summed E-state index contributed by atoms with van der Waals surface area (Å²) in [6, 6.07) is 17.5. The molecule has 4 rings (SSSR count). The lowest BCUT2D eigenvalue weighted by Crippen LogP contribution is -2.49. The topological polar surface area (TPSA) is 52.7 Å². The van der Waals surface area contributed by atoms with Crippen LogP contribution in [0, 0.1) is 11.8 Å².